The van der Waals surface area contributed by atoms with Crippen molar-refractivity contribution in [2.75, 3.05) is 13.1 Å². The highest BCUT2D eigenvalue weighted by Crippen LogP contribution is 2.10. The summed E-state index contributed by atoms with van der Waals surface area (Å²) < 4.78 is 0. The zero-order chi connectivity index (χ0) is 12.9. The number of nitrogens with zero attached hydrogens (tertiary/aromatic N) is 2. The van der Waals surface area contributed by atoms with Crippen LogP contribution in [0.2, 0.25) is 0 Å². The molecule has 0 saturated heterocycles. The van der Waals surface area contributed by atoms with E-state index < -0.39 is 11.6 Å². The summed E-state index contributed by atoms with van der Waals surface area (Å²) in [6, 6.07) is 3.75. The number of aliphatic carboxylic acids is 1. The highest BCUT2D eigenvalue weighted by molar-refractivity contribution is 5.76. The van der Waals surface area contributed by atoms with Crippen molar-refractivity contribution in [1.82, 2.24) is 9.88 Å². The van der Waals surface area contributed by atoms with Gasteiger partial charge in [0.1, 0.15) is 0 Å². The van der Waals surface area contributed by atoms with Gasteiger partial charge in [-0.2, -0.15) is 0 Å². The Bertz CT molecular complexity index is 365. The highest BCUT2D eigenvalue weighted by atomic mass is 16.4. The van der Waals surface area contributed by atoms with E-state index in [-0.39, 0.29) is 6.54 Å². The predicted octanol–water partition coefficient (Wildman–Crippen LogP) is 0.739. The van der Waals surface area contributed by atoms with Crippen molar-refractivity contribution in [3.63, 3.8) is 0 Å². The molecule has 5 nitrogen and oxygen atoms in total. The summed E-state index contributed by atoms with van der Waals surface area (Å²) in [5.41, 5.74) is -0.675. The quantitative estimate of drug-likeness (QED) is 0.764. The first-order chi connectivity index (χ1) is 7.95. The van der Waals surface area contributed by atoms with E-state index in [0.717, 1.165) is 5.56 Å². The Kier molecular flexibility index (Phi) is 4.60. The molecule has 1 heterocycles. The van der Waals surface area contributed by atoms with Crippen LogP contribution in [0.1, 0.15) is 19.4 Å². The molecule has 0 spiro atoms. The Morgan fingerprint density at radius 3 is 2.53 bits per heavy atom. The van der Waals surface area contributed by atoms with E-state index in [9.17, 15) is 9.90 Å². The van der Waals surface area contributed by atoms with Crippen LogP contribution in [0.4, 0.5) is 0 Å². The van der Waals surface area contributed by atoms with E-state index in [1.54, 1.807) is 12.4 Å². The summed E-state index contributed by atoms with van der Waals surface area (Å²) in [7, 11) is 0. The minimum Gasteiger partial charge on any atom is -0.479 e. The monoisotopic (exact) mass is 238 g/mol. The molecular weight excluding hydrogens is 220 g/mol. The number of carbonyl (C=O) groups is 1. The van der Waals surface area contributed by atoms with Crippen LogP contribution in [0.3, 0.4) is 0 Å². The van der Waals surface area contributed by atoms with Crippen LogP contribution in [-0.2, 0) is 11.3 Å². The van der Waals surface area contributed by atoms with Crippen LogP contribution in [0, 0.1) is 0 Å². The van der Waals surface area contributed by atoms with Gasteiger partial charge < -0.3 is 10.2 Å². The number of carboxylic acid groups (broad SMARTS) is 1. The molecule has 0 aliphatic heterocycles. The van der Waals surface area contributed by atoms with Crippen LogP contribution in [0.5, 0.6) is 0 Å². The molecule has 94 valence electrons. The maximum atomic E-state index is 10.8. The number of aliphatic hydroxyl groups is 1. The molecule has 0 bridgehead atoms. The van der Waals surface area contributed by atoms with Crippen molar-refractivity contribution in [2.24, 2.45) is 0 Å². The summed E-state index contributed by atoms with van der Waals surface area (Å²) in [5.74, 6) is -1.20. The zero-order valence-electron chi connectivity index (χ0n) is 10.1. The van der Waals surface area contributed by atoms with Gasteiger partial charge in [0.2, 0.25) is 0 Å². The molecule has 1 unspecified atom stereocenters. The third-order valence-electron chi connectivity index (χ3n) is 2.59. The van der Waals surface area contributed by atoms with E-state index in [1.807, 2.05) is 24.0 Å². The first-order valence-corrected chi connectivity index (χ1v) is 5.52. The third-order valence-corrected chi connectivity index (χ3v) is 2.59. The lowest BCUT2D eigenvalue weighted by Gasteiger charge is -2.27. The average Bonchev–Trinajstić information content (AvgIpc) is 2.29. The second-order valence-corrected chi connectivity index (χ2v) is 4.24. The number of hydrogen-bond donors (Lipinski definition) is 2. The van der Waals surface area contributed by atoms with Crippen molar-refractivity contribution in [1.29, 1.82) is 0 Å². The fraction of sp³-hybridized carbons (Fsp3) is 0.500. The Morgan fingerprint density at radius 2 is 2.06 bits per heavy atom. The van der Waals surface area contributed by atoms with Gasteiger partial charge in [-0.05, 0) is 31.2 Å². The van der Waals surface area contributed by atoms with Gasteiger partial charge in [-0.3, -0.25) is 9.88 Å². The Morgan fingerprint density at radius 1 is 1.47 bits per heavy atom. The molecule has 1 aromatic heterocycles. The first kappa shape index (κ1) is 13.6. The normalized spacial score (nSPS) is 14.6. The van der Waals surface area contributed by atoms with Gasteiger partial charge in [-0.1, -0.05) is 6.92 Å². The number of pyridine rings is 1. The van der Waals surface area contributed by atoms with Crippen molar-refractivity contribution in [3.8, 4) is 0 Å². The van der Waals surface area contributed by atoms with Gasteiger partial charge in [0.15, 0.2) is 5.60 Å². The molecule has 17 heavy (non-hydrogen) atoms. The molecule has 0 aliphatic carbocycles. The lowest BCUT2D eigenvalue weighted by atomic mass is 10.1. The molecule has 0 fully saturated rings. The maximum Gasteiger partial charge on any atom is 0.336 e. The molecule has 0 saturated carbocycles. The van der Waals surface area contributed by atoms with E-state index in [4.69, 9.17) is 5.11 Å². The summed E-state index contributed by atoms with van der Waals surface area (Å²) in [6.45, 7) is 4.61. The summed E-state index contributed by atoms with van der Waals surface area (Å²) in [5, 5.41) is 18.6. The lowest BCUT2D eigenvalue weighted by molar-refractivity contribution is -0.158. The van der Waals surface area contributed by atoms with Gasteiger partial charge in [0, 0.05) is 25.5 Å². The van der Waals surface area contributed by atoms with E-state index >= 15 is 0 Å². The molecular formula is C12H18N2O3. The van der Waals surface area contributed by atoms with Crippen molar-refractivity contribution >= 4 is 5.97 Å². The van der Waals surface area contributed by atoms with Gasteiger partial charge >= 0.3 is 5.97 Å². The molecule has 5 heteroatoms. The second kappa shape index (κ2) is 5.75. The van der Waals surface area contributed by atoms with Crippen LogP contribution in [0.15, 0.2) is 24.5 Å². The van der Waals surface area contributed by atoms with Gasteiger partial charge in [0.25, 0.3) is 0 Å². The minimum atomic E-state index is -1.72. The van der Waals surface area contributed by atoms with E-state index in [1.165, 1.54) is 6.92 Å². The topological polar surface area (TPSA) is 73.7 Å². The van der Waals surface area contributed by atoms with E-state index in [0.29, 0.717) is 13.1 Å². The van der Waals surface area contributed by atoms with Crippen LogP contribution < -0.4 is 0 Å². The SMILES string of the molecule is CCN(Cc1ccncc1)CC(C)(O)C(=O)O. The van der Waals surface area contributed by atoms with E-state index in [2.05, 4.69) is 4.98 Å². The van der Waals surface area contributed by atoms with Crippen molar-refractivity contribution in [3.05, 3.63) is 30.1 Å². The molecule has 0 aromatic carbocycles. The Hall–Kier alpha value is -1.46. The lowest BCUT2D eigenvalue weighted by Crippen LogP contribution is -2.46. The second-order valence-electron chi connectivity index (χ2n) is 4.24. The molecule has 1 atom stereocenters. The standard InChI is InChI=1S/C12H18N2O3/c1-3-14(9-12(2,17)11(15)16)8-10-4-6-13-7-5-10/h4-7,17H,3,8-9H2,1-2H3,(H,15,16). The van der Waals surface area contributed by atoms with Crippen LogP contribution >= 0.6 is 0 Å². The maximum absolute atomic E-state index is 10.8. The highest BCUT2D eigenvalue weighted by Gasteiger charge is 2.31. The number of carboxylic acids is 1. The molecule has 2 N–H and O–H groups in total. The fourth-order valence-corrected chi connectivity index (χ4v) is 1.53. The van der Waals surface area contributed by atoms with Crippen LogP contribution in [-0.4, -0.2) is 44.8 Å². The smallest absolute Gasteiger partial charge is 0.336 e. The number of aromatic nitrogens is 1. The van der Waals surface area contributed by atoms with Gasteiger partial charge in [-0.15, -0.1) is 0 Å². The minimum absolute atomic E-state index is 0.0984. The van der Waals surface area contributed by atoms with Crippen molar-refractivity contribution in [2.45, 2.75) is 26.0 Å². The molecule has 0 aliphatic rings. The first-order valence-electron chi connectivity index (χ1n) is 5.52. The summed E-state index contributed by atoms with van der Waals surface area (Å²) in [6.07, 6.45) is 3.39. The zero-order valence-corrected chi connectivity index (χ0v) is 10.1. The predicted molar refractivity (Wildman–Crippen MR) is 63.4 cm³/mol. The number of likely N-dealkylation sites (N-methyl/N-ethyl adjacent to an activating group) is 1. The fourth-order valence-electron chi connectivity index (χ4n) is 1.53. The Balaban J connectivity index is 2.64. The van der Waals surface area contributed by atoms with Gasteiger partial charge in [-0.25, -0.2) is 4.79 Å². The largest absolute Gasteiger partial charge is 0.479 e. The summed E-state index contributed by atoms with van der Waals surface area (Å²) >= 11 is 0. The summed E-state index contributed by atoms with van der Waals surface area (Å²) in [4.78, 5) is 16.6. The Labute approximate surface area is 101 Å². The van der Waals surface area contributed by atoms with Gasteiger partial charge in [0.05, 0.1) is 0 Å². The average molecular weight is 238 g/mol. The molecule has 1 aromatic rings. The number of rotatable bonds is 6. The molecule has 0 radical (unpaired) electrons. The number of hydrogen-bond acceptors (Lipinski definition) is 4. The molecule has 1 rings (SSSR count). The third kappa shape index (κ3) is 4.13. The molecule has 0 amide bonds. The van der Waals surface area contributed by atoms with Crippen molar-refractivity contribution < 1.29 is 15.0 Å². The van der Waals surface area contributed by atoms with Crippen LogP contribution in [0.25, 0.3) is 0 Å².